The molecule has 3 heterocycles. The first-order valence-corrected chi connectivity index (χ1v) is 10.9. The average molecular weight is 488 g/mol. The van der Waals surface area contributed by atoms with Crippen LogP contribution in [0.4, 0.5) is 5.82 Å². The first kappa shape index (κ1) is 22.9. The Labute approximate surface area is 201 Å². The quantitative estimate of drug-likeness (QED) is 0.360. The molecule has 0 bridgehead atoms. The van der Waals surface area contributed by atoms with Crippen molar-refractivity contribution in [3.63, 3.8) is 0 Å². The number of nitrogen functional groups attached to an aromatic ring is 1. The van der Waals surface area contributed by atoms with Crippen LogP contribution in [0.2, 0.25) is 10.0 Å². The SMILES string of the molecule is COc1ccc(Cl)c(C(C)Oc2cc(-c3cnn(Cc4c(C)noc4C)c3)cnc2N)c1Cl. The van der Waals surface area contributed by atoms with Crippen LogP contribution in [-0.4, -0.2) is 27.0 Å². The predicted molar refractivity (Wildman–Crippen MR) is 127 cm³/mol. The summed E-state index contributed by atoms with van der Waals surface area (Å²) in [6.45, 7) is 6.18. The third-order valence-electron chi connectivity index (χ3n) is 5.37. The molecule has 10 heteroatoms. The van der Waals surface area contributed by atoms with E-state index in [0.29, 0.717) is 33.7 Å². The van der Waals surface area contributed by atoms with Crippen molar-refractivity contribution in [2.45, 2.75) is 33.4 Å². The molecule has 4 aromatic rings. The summed E-state index contributed by atoms with van der Waals surface area (Å²) < 4.78 is 18.5. The van der Waals surface area contributed by atoms with Gasteiger partial charge in [-0.25, -0.2) is 4.98 Å². The summed E-state index contributed by atoms with van der Waals surface area (Å²) in [5, 5.41) is 9.30. The van der Waals surface area contributed by atoms with Crippen LogP contribution in [0.5, 0.6) is 11.5 Å². The van der Waals surface area contributed by atoms with Crippen molar-refractivity contribution < 1.29 is 14.0 Å². The van der Waals surface area contributed by atoms with E-state index in [1.54, 1.807) is 31.6 Å². The minimum absolute atomic E-state index is 0.254. The predicted octanol–water partition coefficient (Wildman–Crippen LogP) is 5.64. The number of ether oxygens (including phenoxy) is 2. The molecule has 33 heavy (non-hydrogen) atoms. The summed E-state index contributed by atoms with van der Waals surface area (Å²) in [4.78, 5) is 4.29. The van der Waals surface area contributed by atoms with Gasteiger partial charge in [0.25, 0.3) is 0 Å². The van der Waals surface area contributed by atoms with Crippen molar-refractivity contribution in [1.29, 1.82) is 0 Å². The summed E-state index contributed by atoms with van der Waals surface area (Å²) in [7, 11) is 1.54. The second-order valence-corrected chi connectivity index (χ2v) is 8.36. The fourth-order valence-corrected chi connectivity index (χ4v) is 4.28. The fourth-order valence-electron chi connectivity index (χ4n) is 3.53. The van der Waals surface area contributed by atoms with E-state index in [-0.39, 0.29) is 5.82 Å². The van der Waals surface area contributed by atoms with Gasteiger partial charge in [-0.15, -0.1) is 0 Å². The molecule has 1 unspecified atom stereocenters. The molecule has 0 saturated heterocycles. The summed E-state index contributed by atoms with van der Waals surface area (Å²) >= 11 is 12.8. The third-order valence-corrected chi connectivity index (χ3v) is 6.09. The maximum Gasteiger partial charge on any atom is 0.166 e. The Kier molecular flexibility index (Phi) is 6.49. The van der Waals surface area contributed by atoms with Gasteiger partial charge in [-0.2, -0.15) is 5.10 Å². The van der Waals surface area contributed by atoms with Gasteiger partial charge in [0.15, 0.2) is 11.6 Å². The lowest BCUT2D eigenvalue weighted by Crippen LogP contribution is -2.08. The minimum Gasteiger partial charge on any atom is -0.495 e. The summed E-state index contributed by atoms with van der Waals surface area (Å²) in [5.41, 5.74) is 10.2. The third kappa shape index (κ3) is 4.62. The van der Waals surface area contributed by atoms with E-state index in [2.05, 4.69) is 15.2 Å². The normalized spacial score (nSPS) is 12.1. The van der Waals surface area contributed by atoms with E-state index in [0.717, 1.165) is 28.1 Å². The molecule has 0 radical (unpaired) electrons. The lowest BCUT2D eigenvalue weighted by atomic mass is 10.1. The Morgan fingerprint density at radius 2 is 1.94 bits per heavy atom. The van der Waals surface area contributed by atoms with Gasteiger partial charge in [-0.1, -0.05) is 28.4 Å². The average Bonchev–Trinajstić information content (AvgIpc) is 3.38. The van der Waals surface area contributed by atoms with Crippen LogP contribution >= 0.6 is 23.2 Å². The number of anilines is 1. The molecule has 0 aliphatic carbocycles. The van der Waals surface area contributed by atoms with Gasteiger partial charge in [0.1, 0.15) is 17.6 Å². The first-order chi connectivity index (χ1) is 15.8. The Bertz CT molecular complexity index is 1280. The van der Waals surface area contributed by atoms with E-state index in [4.69, 9.17) is 42.9 Å². The molecule has 0 aliphatic rings. The molecular weight excluding hydrogens is 465 g/mol. The Balaban J connectivity index is 1.59. The maximum atomic E-state index is 6.47. The zero-order valence-corrected chi connectivity index (χ0v) is 20.1. The van der Waals surface area contributed by atoms with Gasteiger partial charge < -0.3 is 19.7 Å². The van der Waals surface area contributed by atoms with Crippen LogP contribution < -0.4 is 15.2 Å². The number of benzene rings is 1. The molecule has 8 nitrogen and oxygen atoms in total. The van der Waals surface area contributed by atoms with Crippen molar-refractivity contribution in [3.05, 3.63) is 69.4 Å². The van der Waals surface area contributed by atoms with E-state index in [1.165, 1.54) is 0 Å². The number of hydrogen-bond acceptors (Lipinski definition) is 7. The second kappa shape index (κ2) is 9.33. The van der Waals surface area contributed by atoms with Gasteiger partial charge in [0.05, 0.1) is 30.6 Å². The standard InChI is InChI=1S/C23H23Cl2N5O3/c1-12-17(13(2)33-29-12)11-30-10-16(9-28-30)15-7-20(23(26)27-8-15)32-14(3)21-18(24)5-6-19(31-4)22(21)25/h5-10,14H,11H2,1-4H3,(H2,26,27). The first-order valence-electron chi connectivity index (χ1n) is 10.2. The molecule has 0 amide bonds. The molecule has 3 aromatic heterocycles. The van der Waals surface area contributed by atoms with E-state index >= 15 is 0 Å². The number of pyridine rings is 1. The Morgan fingerprint density at radius 3 is 2.64 bits per heavy atom. The van der Waals surface area contributed by atoms with Crippen LogP contribution in [0.3, 0.4) is 0 Å². The van der Waals surface area contributed by atoms with Gasteiger partial charge in [0, 0.05) is 39.7 Å². The highest BCUT2D eigenvalue weighted by Gasteiger charge is 2.20. The molecule has 0 fully saturated rings. The van der Waals surface area contributed by atoms with Gasteiger partial charge in [0.2, 0.25) is 0 Å². The number of rotatable bonds is 7. The van der Waals surface area contributed by atoms with Gasteiger partial charge in [-0.3, -0.25) is 4.68 Å². The van der Waals surface area contributed by atoms with Crippen LogP contribution in [0, 0.1) is 13.8 Å². The van der Waals surface area contributed by atoms with Crippen molar-refractivity contribution >= 4 is 29.0 Å². The minimum atomic E-state index is -0.498. The van der Waals surface area contributed by atoms with Crippen molar-refractivity contribution in [3.8, 4) is 22.6 Å². The molecular formula is C23H23Cl2N5O3. The summed E-state index contributed by atoms with van der Waals surface area (Å²) in [6.07, 6.45) is 4.85. The van der Waals surface area contributed by atoms with Crippen LogP contribution in [-0.2, 0) is 6.54 Å². The topological polar surface area (TPSA) is 101 Å². The lowest BCUT2D eigenvalue weighted by molar-refractivity contribution is 0.227. The highest BCUT2D eigenvalue weighted by molar-refractivity contribution is 6.37. The summed E-state index contributed by atoms with van der Waals surface area (Å²) in [6, 6.07) is 5.24. The van der Waals surface area contributed by atoms with Crippen molar-refractivity contribution in [1.82, 2.24) is 19.9 Å². The molecule has 2 N–H and O–H groups in total. The zero-order chi connectivity index (χ0) is 23.7. The molecule has 0 spiro atoms. The van der Waals surface area contributed by atoms with Crippen molar-refractivity contribution in [2.75, 3.05) is 12.8 Å². The highest BCUT2D eigenvalue weighted by atomic mass is 35.5. The molecule has 0 aliphatic heterocycles. The van der Waals surface area contributed by atoms with Crippen LogP contribution in [0.25, 0.3) is 11.1 Å². The molecule has 172 valence electrons. The van der Waals surface area contributed by atoms with Crippen LogP contribution in [0.15, 0.2) is 41.3 Å². The molecule has 1 aromatic carbocycles. The van der Waals surface area contributed by atoms with Crippen molar-refractivity contribution in [2.24, 2.45) is 0 Å². The summed E-state index contributed by atoms with van der Waals surface area (Å²) in [5.74, 6) is 1.95. The van der Waals surface area contributed by atoms with Gasteiger partial charge in [-0.05, 0) is 39.0 Å². The number of aromatic nitrogens is 4. The zero-order valence-electron chi connectivity index (χ0n) is 18.6. The maximum absolute atomic E-state index is 6.47. The Morgan fingerprint density at radius 1 is 1.15 bits per heavy atom. The largest absolute Gasteiger partial charge is 0.495 e. The monoisotopic (exact) mass is 487 g/mol. The van der Waals surface area contributed by atoms with E-state index in [1.807, 2.05) is 37.7 Å². The number of nitrogens with zero attached hydrogens (tertiary/aromatic N) is 4. The lowest BCUT2D eigenvalue weighted by Gasteiger charge is -2.20. The molecule has 0 saturated carbocycles. The Hall–Kier alpha value is -3.23. The van der Waals surface area contributed by atoms with E-state index in [9.17, 15) is 0 Å². The number of halogens is 2. The molecule has 4 rings (SSSR count). The number of hydrogen-bond donors (Lipinski definition) is 1. The number of methoxy groups -OCH3 is 1. The smallest absolute Gasteiger partial charge is 0.166 e. The number of nitrogens with two attached hydrogens (primary N) is 1. The van der Waals surface area contributed by atoms with E-state index < -0.39 is 6.10 Å². The highest BCUT2D eigenvalue weighted by Crippen LogP contribution is 2.40. The number of aryl methyl sites for hydroxylation is 2. The fraction of sp³-hybridized carbons (Fsp3) is 0.261. The molecule has 1 atom stereocenters. The second-order valence-electron chi connectivity index (χ2n) is 7.57. The van der Waals surface area contributed by atoms with Crippen LogP contribution in [0.1, 0.15) is 35.6 Å². The van der Waals surface area contributed by atoms with Gasteiger partial charge >= 0.3 is 0 Å².